The van der Waals surface area contributed by atoms with Crippen LogP contribution < -0.4 is 5.73 Å². The maximum absolute atomic E-state index is 13.1. The van der Waals surface area contributed by atoms with Crippen molar-refractivity contribution in [2.45, 2.75) is 6.54 Å². The maximum Gasteiger partial charge on any atom is 0.140 e. The molecule has 0 spiro atoms. The van der Waals surface area contributed by atoms with E-state index in [4.69, 9.17) is 18.0 Å². The largest absolute Gasteiger partial charge is 0.389 e. The number of hydrogen-bond acceptors (Lipinski definition) is 2. The van der Waals surface area contributed by atoms with Gasteiger partial charge in [-0.3, -0.25) is 0 Å². The summed E-state index contributed by atoms with van der Waals surface area (Å²) in [5.41, 5.74) is 8.52. The summed E-state index contributed by atoms with van der Waals surface area (Å²) in [5.74, 6) is 0.512. The van der Waals surface area contributed by atoms with Gasteiger partial charge in [0.25, 0.3) is 0 Å². The first kappa shape index (κ1) is 14.4. The molecule has 0 fully saturated rings. The Bertz CT molecular complexity index is 809. The molecule has 0 radical (unpaired) electrons. The van der Waals surface area contributed by atoms with Crippen LogP contribution in [0.15, 0.2) is 60.9 Å². The van der Waals surface area contributed by atoms with Crippen LogP contribution in [0, 0.1) is 5.82 Å². The molecule has 0 saturated heterocycles. The molecule has 0 unspecified atom stereocenters. The summed E-state index contributed by atoms with van der Waals surface area (Å²) in [5, 5.41) is 0. The molecule has 3 aromatic rings. The normalized spacial score (nSPS) is 10.6. The lowest BCUT2D eigenvalue weighted by Crippen LogP contribution is -2.14. The second kappa shape index (κ2) is 6.07. The Morgan fingerprint density at radius 2 is 1.86 bits per heavy atom. The van der Waals surface area contributed by atoms with Crippen LogP contribution in [0.3, 0.4) is 0 Å². The summed E-state index contributed by atoms with van der Waals surface area (Å²) in [6.45, 7) is 0.597. The van der Waals surface area contributed by atoms with Crippen LogP contribution in [0.4, 0.5) is 4.39 Å². The molecule has 1 heterocycles. The Kier molecular flexibility index (Phi) is 3.98. The van der Waals surface area contributed by atoms with E-state index in [0.717, 1.165) is 22.5 Å². The lowest BCUT2D eigenvalue weighted by atomic mass is 10.1. The first-order chi connectivity index (χ1) is 10.6. The van der Waals surface area contributed by atoms with Gasteiger partial charge in [-0.05, 0) is 29.8 Å². The van der Waals surface area contributed by atoms with Gasteiger partial charge in [-0.2, -0.15) is 0 Å². The fourth-order valence-electron chi connectivity index (χ4n) is 2.38. The van der Waals surface area contributed by atoms with Gasteiger partial charge in [-0.1, -0.05) is 36.5 Å². The second-order valence-corrected chi connectivity index (χ2v) is 5.35. The van der Waals surface area contributed by atoms with Gasteiger partial charge in [-0.25, -0.2) is 9.37 Å². The Morgan fingerprint density at radius 1 is 1.14 bits per heavy atom. The van der Waals surface area contributed by atoms with Gasteiger partial charge in [0.1, 0.15) is 16.6 Å². The minimum atomic E-state index is -0.263. The van der Waals surface area contributed by atoms with Gasteiger partial charge in [0.15, 0.2) is 0 Å². The predicted octanol–water partition coefficient (Wildman–Crippen LogP) is 3.37. The van der Waals surface area contributed by atoms with Crippen molar-refractivity contribution in [2.24, 2.45) is 5.73 Å². The summed E-state index contributed by atoms with van der Waals surface area (Å²) in [4.78, 5) is 4.74. The van der Waals surface area contributed by atoms with Crippen LogP contribution in [0.2, 0.25) is 0 Å². The molecule has 0 aliphatic carbocycles. The molecule has 3 nitrogen and oxygen atoms in total. The Hall–Kier alpha value is -2.53. The highest BCUT2D eigenvalue weighted by Gasteiger charge is 2.10. The molecule has 0 saturated carbocycles. The van der Waals surface area contributed by atoms with E-state index in [0.29, 0.717) is 11.5 Å². The van der Waals surface area contributed by atoms with Crippen LogP contribution in [0.5, 0.6) is 0 Å². The molecular weight excluding hydrogens is 297 g/mol. The number of benzene rings is 2. The topological polar surface area (TPSA) is 43.8 Å². The van der Waals surface area contributed by atoms with Gasteiger partial charge in [0, 0.05) is 30.1 Å². The highest BCUT2D eigenvalue weighted by molar-refractivity contribution is 7.80. The zero-order valence-electron chi connectivity index (χ0n) is 11.7. The van der Waals surface area contributed by atoms with Crippen LogP contribution in [0.25, 0.3) is 11.4 Å². The Labute approximate surface area is 133 Å². The maximum atomic E-state index is 13.1. The van der Waals surface area contributed by atoms with E-state index in [1.165, 1.54) is 12.1 Å². The van der Waals surface area contributed by atoms with Crippen molar-refractivity contribution in [3.05, 3.63) is 77.9 Å². The first-order valence-electron chi connectivity index (χ1n) is 6.80. The molecule has 3 rings (SSSR count). The predicted molar refractivity (Wildman–Crippen MR) is 89.1 cm³/mol. The standard InChI is InChI=1S/C17H14FN3S/c18-14-7-5-12(6-8-14)17-20-9-10-21(17)11-13-3-1-2-4-15(13)16(19)22/h1-10H,11H2,(H2,19,22). The van der Waals surface area contributed by atoms with Crippen molar-refractivity contribution in [3.8, 4) is 11.4 Å². The second-order valence-electron chi connectivity index (χ2n) is 4.91. The quantitative estimate of drug-likeness (QED) is 0.751. The van der Waals surface area contributed by atoms with E-state index in [9.17, 15) is 4.39 Å². The molecule has 0 bridgehead atoms. The third kappa shape index (κ3) is 2.89. The third-order valence-electron chi connectivity index (χ3n) is 3.44. The van der Waals surface area contributed by atoms with Gasteiger partial charge < -0.3 is 10.3 Å². The van der Waals surface area contributed by atoms with Crippen LogP contribution in [-0.4, -0.2) is 14.5 Å². The smallest absolute Gasteiger partial charge is 0.140 e. The summed E-state index contributed by atoms with van der Waals surface area (Å²) in [6.07, 6.45) is 3.61. The van der Waals surface area contributed by atoms with Gasteiger partial charge in [0.2, 0.25) is 0 Å². The molecular formula is C17H14FN3S. The molecule has 0 aliphatic heterocycles. The first-order valence-corrected chi connectivity index (χ1v) is 7.21. The Balaban J connectivity index is 1.97. The molecule has 0 aliphatic rings. The van der Waals surface area contributed by atoms with Crippen molar-refractivity contribution < 1.29 is 4.39 Å². The average molecular weight is 311 g/mol. The summed E-state index contributed by atoms with van der Waals surface area (Å²) in [6, 6.07) is 14.0. The van der Waals surface area contributed by atoms with Crippen molar-refractivity contribution in [1.29, 1.82) is 0 Å². The van der Waals surface area contributed by atoms with Gasteiger partial charge in [0.05, 0.1) is 0 Å². The molecule has 1 aromatic heterocycles. The zero-order chi connectivity index (χ0) is 15.5. The van der Waals surface area contributed by atoms with E-state index in [1.807, 2.05) is 35.0 Å². The molecule has 2 aromatic carbocycles. The third-order valence-corrected chi connectivity index (χ3v) is 3.66. The highest BCUT2D eigenvalue weighted by atomic mass is 32.1. The van der Waals surface area contributed by atoms with Crippen molar-refractivity contribution in [1.82, 2.24) is 9.55 Å². The number of nitrogens with zero attached hydrogens (tertiary/aromatic N) is 2. The number of aromatic nitrogens is 2. The molecule has 5 heteroatoms. The lowest BCUT2D eigenvalue weighted by Gasteiger charge is -2.11. The molecule has 2 N–H and O–H groups in total. The summed E-state index contributed by atoms with van der Waals surface area (Å²) in [7, 11) is 0. The average Bonchev–Trinajstić information content (AvgIpc) is 2.96. The highest BCUT2D eigenvalue weighted by Crippen LogP contribution is 2.20. The van der Waals surface area contributed by atoms with E-state index < -0.39 is 0 Å². The number of halogens is 1. The van der Waals surface area contributed by atoms with Crippen molar-refractivity contribution in [2.75, 3.05) is 0 Å². The molecule has 0 amide bonds. The summed E-state index contributed by atoms with van der Waals surface area (Å²) >= 11 is 5.10. The number of thiocarbonyl (C=S) groups is 1. The van der Waals surface area contributed by atoms with Gasteiger partial charge >= 0.3 is 0 Å². The van der Waals surface area contributed by atoms with Crippen LogP contribution in [0.1, 0.15) is 11.1 Å². The lowest BCUT2D eigenvalue weighted by molar-refractivity contribution is 0.628. The number of nitrogens with two attached hydrogens (primary N) is 1. The summed E-state index contributed by atoms with van der Waals surface area (Å²) < 4.78 is 15.1. The van der Waals surface area contributed by atoms with Crippen LogP contribution in [-0.2, 0) is 6.54 Å². The van der Waals surface area contributed by atoms with E-state index in [-0.39, 0.29) is 5.82 Å². The number of hydrogen-bond donors (Lipinski definition) is 1. The van der Waals surface area contributed by atoms with Crippen molar-refractivity contribution >= 4 is 17.2 Å². The Morgan fingerprint density at radius 3 is 2.59 bits per heavy atom. The zero-order valence-corrected chi connectivity index (χ0v) is 12.6. The van der Waals surface area contributed by atoms with Crippen LogP contribution >= 0.6 is 12.2 Å². The van der Waals surface area contributed by atoms with Crippen molar-refractivity contribution in [3.63, 3.8) is 0 Å². The van der Waals surface area contributed by atoms with E-state index in [2.05, 4.69) is 4.98 Å². The van der Waals surface area contributed by atoms with E-state index >= 15 is 0 Å². The molecule has 110 valence electrons. The number of rotatable bonds is 4. The fraction of sp³-hybridized carbons (Fsp3) is 0.0588. The monoisotopic (exact) mass is 311 g/mol. The molecule has 0 atom stereocenters. The number of imidazole rings is 1. The molecule has 22 heavy (non-hydrogen) atoms. The van der Waals surface area contributed by atoms with Gasteiger partial charge in [-0.15, -0.1) is 0 Å². The van der Waals surface area contributed by atoms with E-state index in [1.54, 1.807) is 18.3 Å². The SMILES string of the molecule is NC(=S)c1ccccc1Cn1ccnc1-c1ccc(F)cc1. The minimum absolute atomic E-state index is 0.263. The fourth-order valence-corrected chi connectivity index (χ4v) is 2.58. The minimum Gasteiger partial charge on any atom is -0.389 e.